The molecule has 4 nitrogen and oxygen atoms in total. The maximum atomic E-state index is 12.4. The molecule has 0 bridgehead atoms. The lowest BCUT2D eigenvalue weighted by atomic mass is 9.80. The van der Waals surface area contributed by atoms with Crippen LogP contribution in [0.25, 0.3) is 21.7 Å². The summed E-state index contributed by atoms with van der Waals surface area (Å²) in [6.45, 7) is 0.877. The SMILES string of the molecule is COc1nc2ccc(Br)cc2cc1C(O)(CCCN(C)C)c1cccc2ccccc12. The van der Waals surface area contributed by atoms with Gasteiger partial charge in [0.1, 0.15) is 5.60 Å². The highest BCUT2D eigenvalue weighted by Gasteiger charge is 2.36. The Kier molecular flexibility index (Phi) is 6.28. The second-order valence-corrected chi connectivity index (χ2v) is 9.09. The molecule has 31 heavy (non-hydrogen) atoms. The molecule has 0 fully saturated rings. The molecule has 0 aliphatic heterocycles. The molecule has 4 rings (SSSR count). The number of methoxy groups -OCH3 is 1. The van der Waals surface area contributed by atoms with E-state index in [0.29, 0.717) is 17.9 Å². The maximum Gasteiger partial charge on any atom is 0.220 e. The maximum absolute atomic E-state index is 12.4. The number of aromatic nitrogens is 1. The summed E-state index contributed by atoms with van der Waals surface area (Å²) in [6.07, 6.45) is 1.38. The van der Waals surface area contributed by atoms with Gasteiger partial charge in [-0.1, -0.05) is 58.4 Å². The zero-order valence-electron chi connectivity index (χ0n) is 18.1. The minimum Gasteiger partial charge on any atom is -0.481 e. The van der Waals surface area contributed by atoms with Crippen LogP contribution in [0.3, 0.4) is 0 Å². The van der Waals surface area contributed by atoms with Crippen molar-refractivity contribution >= 4 is 37.6 Å². The number of halogens is 1. The Morgan fingerprint density at radius 2 is 1.74 bits per heavy atom. The topological polar surface area (TPSA) is 45.6 Å². The van der Waals surface area contributed by atoms with Crippen LogP contribution in [0.15, 0.2) is 71.2 Å². The molecule has 0 saturated carbocycles. The number of ether oxygens (including phenoxy) is 1. The molecule has 5 heteroatoms. The standard InChI is InChI=1S/C26H27BrN2O2/c1-29(2)15-7-14-26(30,22-11-6-9-18-8-4-5-10-21(18)22)23-17-19-16-20(27)12-13-24(19)28-25(23)31-3/h4-6,8-13,16-17,30H,7,14-15H2,1-3H3. The molecule has 3 aromatic carbocycles. The number of hydrogen-bond acceptors (Lipinski definition) is 4. The van der Waals surface area contributed by atoms with E-state index in [-0.39, 0.29) is 0 Å². The van der Waals surface area contributed by atoms with Crippen molar-refractivity contribution in [1.82, 2.24) is 9.88 Å². The van der Waals surface area contributed by atoms with Gasteiger partial charge in [-0.3, -0.25) is 0 Å². The van der Waals surface area contributed by atoms with Crippen LogP contribution in [0, 0.1) is 0 Å². The fourth-order valence-electron chi connectivity index (χ4n) is 4.23. The van der Waals surface area contributed by atoms with Gasteiger partial charge < -0.3 is 14.7 Å². The van der Waals surface area contributed by atoms with Gasteiger partial charge in [-0.25, -0.2) is 4.98 Å². The van der Waals surface area contributed by atoms with Crippen molar-refractivity contribution < 1.29 is 9.84 Å². The summed E-state index contributed by atoms with van der Waals surface area (Å²) in [7, 11) is 5.71. The Hall–Kier alpha value is -2.47. The van der Waals surface area contributed by atoms with Crippen LogP contribution in [0.1, 0.15) is 24.0 Å². The smallest absolute Gasteiger partial charge is 0.220 e. The molecule has 0 amide bonds. The van der Waals surface area contributed by atoms with E-state index >= 15 is 0 Å². The van der Waals surface area contributed by atoms with Crippen LogP contribution in [-0.2, 0) is 5.60 Å². The highest BCUT2D eigenvalue weighted by Crippen LogP contribution is 2.42. The first-order chi connectivity index (χ1) is 14.9. The number of aliphatic hydroxyl groups is 1. The van der Waals surface area contributed by atoms with Gasteiger partial charge in [-0.05, 0) is 74.1 Å². The second-order valence-electron chi connectivity index (χ2n) is 8.18. The zero-order valence-corrected chi connectivity index (χ0v) is 19.7. The van der Waals surface area contributed by atoms with Crippen LogP contribution in [0.2, 0.25) is 0 Å². The molecule has 4 aromatic rings. The second kappa shape index (κ2) is 8.95. The van der Waals surface area contributed by atoms with Crippen molar-refractivity contribution in [3.63, 3.8) is 0 Å². The summed E-state index contributed by atoms with van der Waals surface area (Å²) in [4.78, 5) is 6.87. The fraction of sp³-hybridized carbons (Fsp3) is 0.269. The summed E-state index contributed by atoms with van der Waals surface area (Å²) in [5.74, 6) is 0.454. The molecule has 1 unspecified atom stereocenters. The first-order valence-electron chi connectivity index (χ1n) is 10.4. The Balaban J connectivity index is 1.96. The summed E-state index contributed by atoms with van der Waals surface area (Å²) in [5.41, 5.74) is 1.15. The van der Waals surface area contributed by atoms with Crippen LogP contribution in [-0.4, -0.2) is 42.7 Å². The van der Waals surface area contributed by atoms with Gasteiger partial charge in [0.2, 0.25) is 5.88 Å². The minimum atomic E-state index is -1.24. The predicted molar refractivity (Wildman–Crippen MR) is 131 cm³/mol. The Bertz CT molecular complexity index is 1220. The molecular formula is C26H27BrN2O2. The Morgan fingerprint density at radius 3 is 2.52 bits per heavy atom. The zero-order chi connectivity index (χ0) is 22.0. The van der Waals surface area contributed by atoms with Crippen LogP contribution in [0.5, 0.6) is 5.88 Å². The summed E-state index contributed by atoms with van der Waals surface area (Å²) in [6, 6.07) is 22.2. The minimum absolute atomic E-state index is 0.454. The third-order valence-corrected chi connectivity index (χ3v) is 6.25. The van der Waals surface area contributed by atoms with E-state index < -0.39 is 5.60 Å². The Morgan fingerprint density at radius 1 is 0.968 bits per heavy atom. The molecule has 160 valence electrons. The molecule has 1 heterocycles. The molecule has 0 spiro atoms. The van der Waals surface area contributed by atoms with Gasteiger partial charge in [0.05, 0.1) is 18.2 Å². The number of nitrogens with zero attached hydrogens (tertiary/aromatic N) is 2. The third-order valence-electron chi connectivity index (χ3n) is 5.76. The van der Waals surface area contributed by atoms with Crippen molar-refractivity contribution in [2.45, 2.75) is 18.4 Å². The number of fused-ring (bicyclic) bond motifs is 2. The average Bonchev–Trinajstić information content (AvgIpc) is 2.77. The van der Waals surface area contributed by atoms with E-state index in [9.17, 15) is 5.11 Å². The molecule has 0 saturated heterocycles. The van der Waals surface area contributed by atoms with E-state index in [1.54, 1.807) is 7.11 Å². The molecule has 1 N–H and O–H groups in total. The number of rotatable bonds is 7. The lowest BCUT2D eigenvalue weighted by Crippen LogP contribution is -2.30. The predicted octanol–water partition coefficient (Wildman–Crippen LogP) is 5.74. The number of benzene rings is 3. The van der Waals surface area contributed by atoms with Gasteiger partial charge in [0.25, 0.3) is 0 Å². The largest absolute Gasteiger partial charge is 0.481 e. The molecule has 0 radical (unpaired) electrons. The van der Waals surface area contributed by atoms with Crippen LogP contribution < -0.4 is 4.74 Å². The van der Waals surface area contributed by atoms with Crippen molar-refractivity contribution in [1.29, 1.82) is 0 Å². The van der Waals surface area contributed by atoms with Crippen molar-refractivity contribution in [3.8, 4) is 5.88 Å². The summed E-state index contributed by atoms with van der Waals surface area (Å²) in [5, 5.41) is 15.4. The van der Waals surface area contributed by atoms with Crippen LogP contribution in [0.4, 0.5) is 0 Å². The highest BCUT2D eigenvalue weighted by molar-refractivity contribution is 9.10. The number of pyridine rings is 1. The lowest BCUT2D eigenvalue weighted by Gasteiger charge is -2.32. The van der Waals surface area contributed by atoms with Crippen molar-refractivity contribution in [2.75, 3.05) is 27.7 Å². The summed E-state index contributed by atoms with van der Waals surface area (Å²) >= 11 is 3.55. The monoisotopic (exact) mass is 478 g/mol. The van der Waals surface area contributed by atoms with E-state index in [1.807, 2.05) is 62.6 Å². The van der Waals surface area contributed by atoms with Gasteiger partial charge in [0.15, 0.2) is 0 Å². The van der Waals surface area contributed by atoms with Gasteiger partial charge in [-0.2, -0.15) is 0 Å². The van der Waals surface area contributed by atoms with Gasteiger partial charge in [-0.15, -0.1) is 0 Å². The van der Waals surface area contributed by atoms with E-state index in [1.165, 1.54) is 0 Å². The lowest BCUT2D eigenvalue weighted by molar-refractivity contribution is 0.0648. The molecule has 0 aliphatic rings. The molecule has 1 aromatic heterocycles. The number of hydrogen-bond donors (Lipinski definition) is 1. The van der Waals surface area contributed by atoms with E-state index in [2.05, 4.69) is 39.0 Å². The van der Waals surface area contributed by atoms with E-state index in [0.717, 1.165) is 44.7 Å². The van der Waals surface area contributed by atoms with Gasteiger partial charge in [0, 0.05) is 9.86 Å². The summed E-state index contributed by atoms with van der Waals surface area (Å²) < 4.78 is 6.67. The normalized spacial score (nSPS) is 13.6. The molecular weight excluding hydrogens is 452 g/mol. The van der Waals surface area contributed by atoms with Crippen molar-refractivity contribution in [2.24, 2.45) is 0 Å². The highest BCUT2D eigenvalue weighted by atomic mass is 79.9. The van der Waals surface area contributed by atoms with Crippen molar-refractivity contribution in [3.05, 3.63) is 82.3 Å². The van der Waals surface area contributed by atoms with Gasteiger partial charge >= 0.3 is 0 Å². The average molecular weight is 479 g/mol. The fourth-order valence-corrected chi connectivity index (χ4v) is 4.61. The first-order valence-corrected chi connectivity index (χ1v) is 11.2. The Labute approximate surface area is 191 Å². The van der Waals surface area contributed by atoms with E-state index in [4.69, 9.17) is 9.72 Å². The molecule has 1 atom stereocenters. The first kappa shape index (κ1) is 21.8. The molecule has 0 aliphatic carbocycles. The van der Waals surface area contributed by atoms with Crippen LogP contribution >= 0.6 is 15.9 Å². The quantitative estimate of drug-likeness (QED) is 0.368. The third kappa shape index (κ3) is 4.31.